The van der Waals surface area contributed by atoms with Gasteiger partial charge in [-0.2, -0.15) is 21.0 Å². The predicted octanol–water partition coefficient (Wildman–Crippen LogP) is 2.45. The Balaban J connectivity index is 2.77. The molecular formula is C15H12N4. The van der Waals surface area contributed by atoms with Crippen LogP contribution < -0.4 is 0 Å². The van der Waals surface area contributed by atoms with Crippen LogP contribution in [-0.2, 0) is 0 Å². The summed E-state index contributed by atoms with van der Waals surface area (Å²) in [6.45, 7) is 1.92. The number of rotatable bonds is 0. The zero-order chi connectivity index (χ0) is 14.1. The molecular weight excluding hydrogens is 236 g/mol. The molecule has 0 unspecified atom stereocenters. The van der Waals surface area contributed by atoms with Gasteiger partial charge in [-0.3, -0.25) is 0 Å². The summed E-state index contributed by atoms with van der Waals surface area (Å²) < 4.78 is 0. The quantitative estimate of drug-likeness (QED) is 0.657. The number of allylic oxidation sites excluding steroid dienone is 4. The topological polar surface area (TPSA) is 95.2 Å². The van der Waals surface area contributed by atoms with E-state index in [-0.39, 0.29) is 17.8 Å². The summed E-state index contributed by atoms with van der Waals surface area (Å²) in [4.78, 5) is 0. The molecule has 92 valence electrons. The molecule has 0 aromatic carbocycles. The molecule has 2 bridgehead atoms. The zero-order valence-electron chi connectivity index (χ0n) is 10.5. The maximum Gasteiger partial charge on any atom is 0.181 e. The largest absolute Gasteiger partial charge is 0.196 e. The molecule has 0 N–H and O–H groups in total. The van der Waals surface area contributed by atoms with Crippen molar-refractivity contribution in [2.24, 2.45) is 28.6 Å². The molecule has 19 heavy (non-hydrogen) atoms. The molecule has 3 atom stereocenters. The van der Waals surface area contributed by atoms with Crippen molar-refractivity contribution in [3.05, 3.63) is 24.3 Å². The average molecular weight is 248 g/mol. The minimum Gasteiger partial charge on any atom is -0.196 e. The summed E-state index contributed by atoms with van der Waals surface area (Å²) in [5.41, 5.74) is -3.16. The Morgan fingerprint density at radius 1 is 0.895 bits per heavy atom. The van der Waals surface area contributed by atoms with Crippen molar-refractivity contribution in [3.8, 4) is 24.3 Å². The minimum atomic E-state index is -1.59. The van der Waals surface area contributed by atoms with Gasteiger partial charge in [-0.25, -0.2) is 0 Å². The molecule has 0 aliphatic heterocycles. The monoisotopic (exact) mass is 248 g/mol. The highest BCUT2D eigenvalue weighted by molar-refractivity contribution is 5.43. The van der Waals surface area contributed by atoms with E-state index in [9.17, 15) is 21.0 Å². The first kappa shape index (κ1) is 12.9. The first-order valence-corrected chi connectivity index (χ1v) is 6.12. The van der Waals surface area contributed by atoms with Crippen LogP contribution in [0, 0.1) is 73.9 Å². The van der Waals surface area contributed by atoms with Crippen molar-refractivity contribution >= 4 is 0 Å². The molecule has 1 fully saturated rings. The predicted molar refractivity (Wildman–Crippen MR) is 66.4 cm³/mol. The molecule has 0 heterocycles. The van der Waals surface area contributed by atoms with Gasteiger partial charge in [0.05, 0.1) is 24.3 Å². The molecule has 2 aliphatic rings. The van der Waals surface area contributed by atoms with Crippen LogP contribution in [0.3, 0.4) is 0 Å². The van der Waals surface area contributed by atoms with Crippen molar-refractivity contribution < 1.29 is 0 Å². The third kappa shape index (κ3) is 1.35. The van der Waals surface area contributed by atoms with Gasteiger partial charge in [-0.15, -0.1) is 0 Å². The average Bonchev–Trinajstić information content (AvgIpc) is 2.73. The van der Waals surface area contributed by atoms with Gasteiger partial charge in [0, 0.05) is 11.8 Å². The molecule has 2 rings (SSSR count). The first-order valence-electron chi connectivity index (χ1n) is 6.12. The second kappa shape index (κ2) is 4.28. The van der Waals surface area contributed by atoms with Gasteiger partial charge in [0.1, 0.15) is 0 Å². The van der Waals surface area contributed by atoms with Crippen LogP contribution >= 0.6 is 0 Å². The standard InChI is InChI=1S/C15H12N4/c1-11-4-2-3-5-12-6-13(11)15(9-18,10-19)14(12,7-16)8-17/h2-5,11-13H,6H2,1H3/t11-,12-,13-/m0/s1. The summed E-state index contributed by atoms with van der Waals surface area (Å²) in [5.74, 6) is -0.692. The van der Waals surface area contributed by atoms with E-state index in [2.05, 4.69) is 0 Å². The third-order valence-electron chi connectivity index (χ3n) is 4.45. The highest BCUT2D eigenvalue weighted by Crippen LogP contribution is 2.61. The van der Waals surface area contributed by atoms with Crippen molar-refractivity contribution in [2.45, 2.75) is 13.3 Å². The lowest BCUT2D eigenvalue weighted by atomic mass is 9.61. The van der Waals surface area contributed by atoms with E-state index >= 15 is 0 Å². The van der Waals surface area contributed by atoms with Gasteiger partial charge in [0.15, 0.2) is 10.8 Å². The van der Waals surface area contributed by atoms with Crippen molar-refractivity contribution in [1.82, 2.24) is 0 Å². The van der Waals surface area contributed by atoms with E-state index in [0.717, 1.165) is 0 Å². The number of nitrogens with zero attached hydrogens (tertiary/aromatic N) is 4. The van der Waals surface area contributed by atoms with Gasteiger partial charge in [-0.1, -0.05) is 31.2 Å². The Hall–Kier alpha value is -2.56. The van der Waals surface area contributed by atoms with Gasteiger partial charge < -0.3 is 0 Å². The molecule has 0 saturated heterocycles. The third-order valence-corrected chi connectivity index (χ3v) is 4.45. The number of hydrogen-bond acceptors (Lipinski definition) is 4. The molecule has 0 aromatic rings. The highest BCUT2D eigenvalue weighted by Gasteiger charge is 2.68. The molecule has 0 spiro atoms. The lowest BCUT2D eigenvalue weighted by Crippen LogP contribution is -2.41. The molecule has 0 amide bonds. The van der Waals surface area contributed by atoms with Crippen LogP contribution in [-0.4, -0.2) is 0 Å². The van der Waals surface area contributed by atoms with Crippen LogP contribution in [0.25, 0.3) is 0 Å². The van der Waals surface area contributed by atoms with Crippen molar-refractivity contribution in [1.29, 1.82) is 21.0 Å². The van der Waals surface area contributed by atoms with E-state index in [1.807, 2.05) is 43.4 Å². The van der Waals surface area contributed by atoms with Crippen LogP contribution in [0.15, 0.2) is 24.3 Å². The first-order chi connectivity index (χ1) is 9.11. The smallest absolute Gasteiger partial charge is 0.181 e. The van der Waals surface area contributed by atoms with Gasteiger partial charge in [0.25, 0.3) is 0 Å². The van der Waals surface area contributed by atoms with E-state index in [1.54, 1.807) is 12.2 Å². The van der Waals surface area contributed by atoms with E-state index in [0.29, 0.717) is 6.42 Å². The van der Waals surface area contributed by atoms with Crippen molar-refractivity contribution in [2.75, 3.05) is 0 Å². The normalized spacial score (nSPS) is 33.0. The molecule has 0 radical (unpaired) electrons. The Kier molecular flexibility index (Phi) is 2.90. The molecule has 4 nitrogen and oxygen atoms in total. The summed E-state index contributed by atoms with van der Waals surface area (Å²) in [6.07, 6.45) is 7.87. The molecule has 4 heteroatoms. The fourth-order valence-corrected chi connectivity index (χ4v) is 3.35. The zero-order valence-corrected chi connectivity index (χ0v) is 10.5. The fraction of sp³-hybridized carbons (Fsp3) is 0.467. The molecule has 1 saturated carbocycles. The maximum atomic E-state index is 9.54. The Labute approximate surface area is 112 Å². The number of nitriles is 4. The van der Waals surface area contributed by atoms with Crippen LogP contribution in [0.4, 0.5) is 0 Å². The van der Waals surface area contributed by atoms with Crippen LogP contribution in [0.1, 0.15) is 13.3 Å². The summed E-state index contributed by atoms with van der Waals surface area (Å²) in [5, 5.41) is 38.1. The second-order valence-corrected chi connectivity index (χ2v) is 5.14. The van der Waals surface area contributed by atoms with E-state index in [4.69, 9.17) is 0 Å². The van der Waals surface area contributed by atoms with Gasteiger partial charge >= 0.3 is 0 Å². The molecule has 0 aromatic heterocycles. The fourth-order valence-electron chi connectivity index (χ4n) is 3.35. The Morgan fingerprint density at radius 2 is 1.42 bits per heavy atom. The van der Waals surface area contributed by atoms with E-state index < -0.39 is 10.8 Å². The lowest BCUT2D eigenvalue weighted by Gasteiger charge is -2.31. The van der Waals surface area contributed by atoms with Gasteiger partial charge in [0.2, 0.25) is 0 Å². The molecule has 2 aliphatic carbocycles. The number of hydrogen-bond donors (Lipinski definition) is 0. The van der Waals surface area contributed by atoms with Crippen LogP contribution in [0.5, 0.6) is 0 Å². The van der Waals surface area contributed by atoms with Crippen LogP contribution in [0.2, 0.25) is 0 Å². The Morgan fingerprint density at radius 3 is 1.95 bits per heavy atom. The van der Waals surface area contributed by atoms with E-state index in [1.165, 1.54) is 0 Å². The SMILES string of the molecule is C[C@H]1C=CC=C[C@H]2C[C@@H]1C(C#N)(C#N)C2(C#N)C#N. The van der Waals surface area contributed by atoms with Crippen molar-refractivity contribution in [3.63, 3.8) is 0 Å². The minimum absolute atomic E-state index is 0.0182. The lowest BCUT2D eigenvalue weighted by molar-refractivity contribution is 0.233. The maximum absolute atomic E-state index is 9.54. The van der Waals surface area contributed by atoms with Gasteiger partial charge in [-0.05, 0) is 12.3 Å². The Bertz CT molecular complexity index is 586. The second-order valence-electron chi connectivity index (χ2n) is 5.14. The summed E-state index contributed by atoms with van der Waals surface area (Å²) in [6, 6.07) is 7.97. The number of fused-ring (bicyclic) bond motifs is 2. The highest BCUT2D eigenvalue weighted by atomic mass is 14.7. The summed E-state index contributed by atoms with van der Waals surface area (Å²) >= 11 is 0. The summed E-state index contributed by atoms with van der Waals surface area (Å²) in [7, 11) is 0.